The van der Waals surface area contributed by atoms with Crippen molar-refractivity contribution in [2.45, 2.75) is 18.5 Å². The molecule has 18 heavy (non-hydrogen) atoms. The molecule has 0 bridgehead atoms. The summed E-state index contributed by atoms with van der Waals surface area (Å²) in [5, 5.41) is 1.48. The van der Waals surface area contributed by atoms with Gasteiger partial charge >= 0.3 is 6.18 Å². The van der Waals surface area contributed by atoms with Gasteiger partial charge in [-0.15, -0.1) is 6.58 Å². The van der Waals surface area contributed by atoms with Gasteiger partial charge in [0.1, 0.15) is 0 Å². The highest BCUT2D eigenvalue weighted by Gasteiger charge is 2.40. The molecule has 0 saturated carbocycles. The largest absolute Gasteiger partial charge is 0.396 e. The zero-order valence-corrected chi connectivity index (χ0v) is 9.74. The standard InChI is InChI=1S/C15H13F3/c1-2-6-14(15(16,17)18)13-10-5-8-11-7-3-4-9-12(11)13/h2-5,7-10,14H,1,6H2. The lowest BCUT2D eigenvalue weighted by molar-refractivity contribution is -0.149. The van der Waals surface area contributed by atoms with Crippen molar-refractivity contribution in [2.24, 2.45) is 0 Å². The number of allylic oxidation sites excluding steroid dienone is 1. The first-order chi connectivity index (χ1) is 8.54. The SMILES string of the molecule is C=CCC(c1cccc2ccccc12)C(F)(F)F. The molecule has 0 N–H and O–H groups in total. The molecule has 94 valence electrons. The first-order valence-electron chi connectivity index (χ1n) is 5.69. The van der Waals surface area contributed by atoms with E-state index in [4.69, 9.17) is 0 Å². The van der Waals surface area contributed by atoms with Crippen molar-refractivity contribution in [3.8, 4) is 0 Å². The minimum Gasteiger partial charge on any atom is -0.170 e. The molecule has 2 aromatic carbocycles. The van der Waals surface area contributed by atoms with Crippen LogP contribution in [0.4, 0.5) is 13.2 Å². The minimum absolute atomic E-state index is 0.0997. The summed E-state index contributed by atoms with van der Waals surface area (Å²) in [6, 6.07) is 12.2. The van der Waals surface area contributed by atoms with E-state index in [1.165, 1.54) is 6.08 Å². The molecular formula is C15H13F3. The van der Waals surface area contributed by atoms with Crippen molar-refractivity contribution >= 4 is 10.8 Å². The maximum absolute atomic E-state index is 13.1. The Morgan fingerprint density at radius 2 is 1.72 bits per heavy atom. The van der Waals surface area contributed by atoms with Crippen LogP contribution in [0.2, 0.25) is 0 Å². The van der Waals surface area contributed by atoms with Crippen molar-refractivity contribution in [2.75, 3.05) is 0 Å². The summed E-state index contributed by atoms with van der Waals surface area (Å²) in [6.45, 7) is 3.42. The summed E-state index contributed by atoms with van der Waals surface area (Å²) >= 11 is 0. The van der Waals surface area contributed by atoms with Gasteiger partial charge in [-0.1, -0.05) is 48.5 Å². The fourth-order valence-electron chi connectivity index (χ4n) is 2.16. The molecule has 0 fully saturated rings. The van der Waals surface area contributed by atoms with E-state index in [9.17, 15) is 13.2 Å². The van der Waals surface area contributed by atoms with Gasteiger partial charge in [-0.2, -0.15) is 13.2 Å². The van der Waals surface area contributed by atoms with Crippen molar-refractivity contribution in [1.82, 2.24) is 0 Å². The van der Waals surface area contributed by atoms with Crippen LogP contribution >= 0.6 is 0 Å². The summed E-state index contributed by atoms with van der Waals surface area (Å²) in [6.07, 6.45) is -3.03. The molecule has 0 aliphatic rings. The fraction of sp³-hybridized carbons (Fsp3) is 0.200. The smallest absolute Gasteiger partial charge is 0.170 e. The Kier molecular flexibility index (Phi) is 3.41. The number of rotatable bonds is 3. The first-order valence-corrected chi connectivity index (χ1v) is 5.69. The Balaban J connectivity index is 2.60. The molecule has 0 amide bonds. The van der Waals surface area contributed by atoms with Crippen LogP contribution < -0.4 is 0 Å². The van der Waals surface area contributed by atoms with Gasteiger partial charge in [0.2, 0.25) is 0 Å². The molecule has 0 spiro atoms. The molecule has 0 radical (unpaired) electrons. The van der Waals surface area contributed by atoms with Crippen LogP contribution in [-0.4, -0.2) is 6.18 Å². The van der Waals surface area contributed by atoms with Gasteiger partial charge in [-0.25, -0.2) is 0 Å². The van der Waals surface area contributed by atoms with Gasteiger partial charge in [-0.05, 0) is 22.8 Å². The van der Waals surface area contributed by atoms with E-state index in [-0.39, 0.29) is 6.42 Å². The van der Waals surface area contributed by atoms with Crippen molar-refractivity contribution < 1.29 is 13.2 Å². The number of fused-ring (bicyclic) bond motifs is 1. The van der Waals surface area contributed by atoms with Crippen LogP contribution in [0.3, 0.4) is 0 Å². The zero-order valence-electron chi connectivity index (χ0n) is 9.74. The van der Waals surface area contributed by atoms with Gasteiger partial charge in [-0.3, -0.25) is 0 Å². The topological polar surface area (TPSA) is 0 Å². The summed E-state index contributed by atoms with van der Waals surface area (Å²) in [7, 11) is 0. The lowest BCUT2D eigenvalue weighted by atomic mass is 9.90. The monoisotopic (exact) mass is 250 g/mol. The minimum atomic E-state index is -4.25. The maximum Gasteiger partial charge on any atom is 0.396 e. The molecule has 0 nitrogen and oxygen atoms in total. The van der Waals surface area contributed by atoms with E-state index in [2.05, 4.69) is 6.58 Å². The molecule has 0 aliphatic heterocycles. The fourth-order valence-corrected chi connectivity index (χ4v) is 2.16. The molecule has 2 aromatic rings. The molecule has 0 aliphatic carbocycles. The number of halogens is 3. The second kappa shape index (κ2) is 4.84. The third-order valence-electron chi connectivity index (χ3n) is 3.00. The van der Waals surface area contributed by atoms with E-state index >= 15 is 0 Å². The number of alkyl halides is 3. The highest BCUT2D eigenvalue weighted by Crippen LogP contribution is 2.40. The van der Waals surface area contributed by atoms with Gasteiger partial charge in [0.05, 0.1) is 5.92 Å². The average Bonchev–Trinajstić information content (AvgIpc) is 2.34. The molecule has 3 heteroatoms. The van der Waals surface area contributed by atoms with Crippen LogP contribution in [0.5, 0.6) is 0 Å². The Labute approximate surface area is 104 Å². The van der Waals surface area contributed by atoms with Crippen LogP contribution in [0.1, 0.15) is 17.9 Å². The molecule has 1 atom stereocenters. The lowest BCUT2D eigenvalue weighted by Crippen LogP contribution is -2.20. The van der Waals surface area contributed by atoms with Crippen molar-refractivity contribution in [3.05, 3.63) is 60.7 Å². The van der Waals surface area contributed by atoms with Crippen LogP contribution in [0.15, 0.2) is 55.1 Å². The zero-order chi connectivity index (χ0) is 13.2. The maximum atomic E-state index is 13.1. The van der Waals surface area contributed by atoms with Crippen LogP contribution in [0.25, 0.3) is 10.8 Å². The Morgan fingerprint density at radius 1 is 1.06 bits per heavy atom. The van der Waals surface area contributed by atoms with E-state index in [1.807, 2.05) is 18.2 Å². The predicted octanol–water partition coefficient (Wildman–Crippen LogP) is 5.06. The molecule has 0 saturated heterocycles. The summed E-state index contributed by atoms with van der Waals surface area (Å²) < 4.78 is 39.2. The molecule has 1 unspecified atom stereocenters. The predicted molar refractivity (Wildman–Crippen MR) is 67.6 cm³/mol. The Hall–Kier alpha value is -1.77. The molecular weight excluding hydrogens is 237 g/mol. The summed E-state index contributed by atoms with van der Waals surface area (Å²) in [4.78, 5) is 0. The van der Waals surface area contributed by atoms with Gasteiger partial charge in [0, 0.05) is 0 Å². The number of benzene rings is 2. The van der Waals surface area contributed by atoms with Gasteiger partial charge < -0.3 is 0 Å². The third-order valence-corrected chi connectivity index (χ3v) is 3.00. The van der Waals surface area contributed by atoms with E-state index < -0.39 is 12.1 Å². The van der Waals surface area contributed by atoms with Gasteiger partial charge in [0.25, 0.3) is 0 Å². The van der Waals surface area contributed by atoms with E-state index in [0.29, 0.717) is 10.9 Å². The van der Waals surface area contributed by atoms with Crippen molar-refractivity contribution in [3.63, 3.8) is 0 Å². The van der Waals surface area contributed by atoms with E-state index in [0.717, 1.165) is 5.39 Å². The first kappa shape index (κ1) is 12.7. The highest BCUT2D eigenvalue weighted by atomic mass is 19.4. The third kappa shape index (κ3) is 2.40. The van der Waals surface area contributed by atoms with Gasteiger partial charge in [0.15, 0.2) is 0 Å². The number of hydrogen-bond donors (Lipinski definition) is 0. The average molecular weight is 250 g/mol. The molecule has 0 aromatic heterocycles. The Bertz CT molecular complexity index is 550. The Morgan fingerprint density at radius 3 is 2.39 bits per heavy atom. The second-order valence-electron chi connectivity index (χ2n) is 4.19. The normalized spacial score (nSPS) is 13.5. The summed E-state index contributed by atoms with van der Waals surface area (Å²) in [5.41, 5.74) is 0.320. The molecule has 0 heterocycles. The number of hydrogen-bond acceptors (Lipinski definition) is 0. The molecule has 2 rings (SSSR count). The second-order valence-corrected chi connectivity index (χ2v) is 4.19. The van der Waals surface area contributed by atoms with Crippen LogP contribution in [0, 0.1) is 0 Å². The summed E-state index contributed by atoms with van der Waals surface area (Å²) in [5.74, 6) is -1.49. The van der Waals surface area contributed by atoms with Crippen LogP contribution in [-0.2, 0) is 0 Å². The van der Waals surface area contributed by atoms with Crippen molar-refractivity contribution in [1.29, 1.82) is 0 Å². The quantitative estimate of drug-likeness (QED) is 0.668. The van der Waals surface area contributed by atoms with E-state index in [1.54, 1.807) is 24.3 Å². The highest BCUT2D eigenvalue weighted by molar-refractivity contribution is 5.86. The lowest BCUT2D eigenvalue weighted by Gasteiger charge is -2.20.